The van der Waals surface area contributed by atoms with Crippen molar-refractivity contribution in [1.82, 2.24) is 5.32 Å². The van der Waals surface area contributed by atoms with E-state index in [0.29, 0.717) is 10.2 Å². The standard InChI is InChI=1S/C14H11BrF2N2O/c15-9-1-4-13(18)11(6-9)14(20)19-7-8-5-10(16)2-3-12(8)17/h1-6H,7,18H2,(H,19,20). The van der Waals surface area contributed by atoms with Crippen LogP contribution in [0.2, 0.25) is 0 Å². The molecule has 0 atom stereocenters. The number of nitrogen functional groups attached to an aromatic ring is 1. The van der Waals surface area contributed by atoms with Crippen molar-refractivity contribution in [1.29, 1.82) is 0 Å². The molecule has 6 heteroatoms. The lowest BCUT2D eigenvalue weighted by Crippen LogP contribution is -2.24. The van der Waals surface area contributed by atoms with Crippen molar-refractivity contribution >= 4 is 27.5 Å². The Morgan fingerprint density at radius 3 is 2.70 bits per heavy atom. The normalized spacial score (nSPS) is 10.3. The topological polar surface area (TPSA) is 55.1 Å². The molecule has 0 aliphatic heterocycles. The van der Waals surface area contributed by atoms with Gasteiger partial charge in [-0.3, -0.25) is 4.79 Å². The van der Waals surface area contributed by atoms with Gasteiger partial charge in [0.1, 0.15) is 11.6 Å². The summed E-state index contributed by atoms with van der Waals surface area (Å²) in [6, 6.07) is 7.93. The van der Waals surface area contributed by atoms with Crippen molar-refractivity contribution in [2.45, 2.75) is 6.54 Å². The summed E-state index contributed by atoms with van der Waals surface area (Å²) < 4.78 is 27.1. The summed E-state index contributed by atoms with van der Waals surface area (Å²) in [4.78, 5) is 12.0. The van der Waals surface area contributed by atoms with E-state index < -0.39 is 17.5 Å². The molecule has 2 aromatic rings. The van der Waals surface area contributed by atoms with E-state index in [1.54, 1.807) is 18.2 Å². The summed E-state index contributed by atoms with van der Waals surface area (Å²) in [5, 5.41) is 2.50. The van der Waals surface area contributed by atoms with Crippen molar-refractivity contribution < 1.29 is 13.6 Å². The molecule has 104 valence electrons. The van der Waals surface area contributed by atoms with E-state index in [1.165, 1.54) is 0 Å². The summed E-state index contributed by atoms with van der Waals surface area (Å²) in [6.45, 7) is -0.117. The molecule has 3 N–H and O–H groups in total. The molecule has 0 aromatic heterocycles. The minimum Gasteiger partial charge on any atom is -0.398 e. The Kier molecular flexibility index (Phi) is 4.34. The number of benzene rings is 2. The SMILES string of the molecule is Nc1ccc(Br)cc1C(=O)NCc1cc(F)ccc1F. The van der Waals surface area contributed by atoms with Crippen LogP contribution in [0.15, 0.2) is 40.9 Å². The summed E-state index contributed by atoms with van der Waals surface area (Å²) in [6.07, 6.45) is 0. The molecule has 1 amide bonds. The second kappa shape index (κ2) is 6.00. The average molecular weight is 341 g/mol. The van der Waals surface area contributed by atoms with Gasteiger partial charge in [0.25, 0.3) is 5.91 Å². The van der Waals surface area contributed by atoms with Crippen molar-refractivity contribution in [3.8, 4) is 0 Å². The molecule has 0 heterocycles. The van der Waals surface area contributed by atoms with Gasteiger partial charge in [0.15, 0.2) is 0 Å². The third kappa shape index (κ3) is 3.33. The number of hydrogen-bond donors (Lipinski definition) is 2. The second-order valence-electron chi connectivity index (χ2n) is 4.15. The quantitative estimate of drug-likeness (QED) is 0.842. The molecule has 3 nitrogen and oxygen atoms in total. The number of carbonyl (C=O) groups is 1. The van der Waals surface area contributed by atoms with Gasteiger partial charge in [0, 0.05) is 22.3 Å². The Morgan fingerprint density at radius 1 is 1.20 bits per heavy atom. The highest BCUT2D eigenvalue weighted by Crippen LogP contribution is 2.18. The fraction of sp³-hybridized carbons (Fsp3) is 0.0714. The number of anilines is 1. The predicted octanol–water partition coefficient (Wildman–Crippen LogP) is 3.24. The van der Waals surface area contributed by atoms with Crippen LogP contribution in [0.1, 0.15) is 15.9 Å². The molecule has 0 aliphatic rings. The molecule has 0 saturated carbocycles. The minimum atomic E-state index is -0.575. The lowest BCUT2D eigenvalue weighted by Gasteiger charge is -2.09. The van der Waals surface area contributed by atoms with Crippen LogP contribution in [0.5, 0.6) is 0 Å². The van der Waals surface area contributed by atoms with Gasteiger partial charge >= 0.3 is 0 Å². The first-order valence-electron chi connectivity index (χ1n) is 5.74. The van der Waals surface area contributed by atoms with Crippen molar-refractivity contribution in [2.24, 2.45) is 0 Å². The van der Waals surface area contributed by atoms with Crippen molar-refractivity contribution in [3.05, 3.63) is 63.6 Å². The Bertz CT molecular complexity index is 662. The van der Waals surface area contributed by atoms with Crippen LogP contribution >= 0.6 is 15.9 Å². The first kappa shape index (κ1) is 14.5. The highest BCUT2D eigenvalue weighted by molar-refractivity contribution is 9.10. The van der Waals surface area contributed by atoms with Crippen LogP contribution in [0.25, 0.3) is 0 Å². The highest BCUT2D eigenvalue weighted by Gasteiger charge is 2.11. The van der Waals surface area contributed by atoms with E-state index in [4.69, 9.17) is 5.73 Å². The first-order chi connectivity index (χ1) is 9.47. The maximum Gasteiger partial charge on any atom is 0.253 e. The molecular formula is C14H11BrF2N2O. The molecule has 0 unspecified atom stereocenters. The van der Waals surface area contributed by atoms with Gasteiger partial charge in [-0.1, -0.05) is 15.9 Å². The monoisotopic (exact) mass is 340 g/mol. The summed E-state index contributed by atoms with van der Waals surface area (Å²) >= 11 is 3.24. The minimum absolute atomic E-state index is 0.0759. The van der Waals surface area contributed by atoms with Crippen LogP contribution in [-0.2, 0) is 6.54 Å². The zero-order valence-electron chi connectivity index (χ0n) is 10.3. The summed E-state index contributed by atoms with van der Waals surface area (Å²) in [5.74, 6) is -1.58. The van der Waals surface area contributed by atoms with E-state index in [1.807, 2.05) is 0 Å². The second-order valence-corrected chi connectivity index (χ2v) is 5.07. The lowest BCUT2D eigenvalue weighted by atomic mass is 10.1. The molecule has 2 aromatic carbocycles. The van der Waals surface area contributed by atoms with Gasteiger partial charge in [-0.15, -0.1) is 0 Å². The average Bonchev–Trinajstić information content (AvgIpc) is 2.42. The molecule has 20 heavy (non-hydrogen) atoms. The van der Waals surface area contributed by atoms with Crippen LogP contribution in [-0.4, -0.2) is 5.91 Å². The molecule has 0 radical (unpaired) electrons. The van der Waals surface area contributed by atoms with Gasteiger partial charge in [-0.25, -0.2) is 8.78 Å². The van der Waals surface area contributed by atoms with E-state index in [9.17, 15) is 13.6 Å². The number of rotatable bonds is 3. The van der Waals surface area contributed by atoms with Crippen LogP contribution < -0.4 is 11.1 Å². The molecular weight excluding hydrogens is 330 g/mol. The maximum absolute atomic E-state index is 13.4. The van der Waals surface area contributed by atoms with Gasteiger partial charge in [0.05, 0.1) is 5.56 Å². The van der Waals surface area contributed by atoms with Gasteiger partial charge in [0.2, 0.25) is 0 Å². The summed E-state index contributed by atoms with van der Waals surface area (Å²) in [7, 11) is 0. The molecule has 0 bridgehead atoms. The van der Waals surface area contributed by atoms with Crippen LogP contribution in [0.4, 0.5) is 14.5 Å². The molecule has 0 fully saturated rings. The van der Waals surface area contributed by atoms with E-state index >= 15 is 0 Å². The Morgan fingerprint density at radius 2 is 1.95 bits per heavy atom. The number of nitrogens with one attached hydrogen (secondary N) is 1. The lowest BCUT2D eigenvalue weighted by molar-refractivity contribution is 0.0951. The summed E-state index contributed by atoms with van der Waals surface area (Å²) in [5.41, 5.74) is 6.36. The number of hydrogen-bond acceptors (Lipinski definition) is 2. The van der Waals surface area contributed by atoms with Crippen molar-refractivity contribution in [2.75, 3.05) is 5.73 Å². The molecule has 2 rings (SSSR count). The van der Waals surface area contributed by atoms with Gasteiger partial charge in [-0.2, -0.15) is 0 Å². The largest absolute Gasteiger partial charge is 0.398 e. The van der Waals surface area contributed by atoms with Crippen molar-refractivity contribution in [3.63, 3.8) is 0 Å². The highest BCUT2D eigenvalue weighted by atomic mass is 79.9. The van der Waals surface area contributed by atoms with Gasteiger partial charge in [-0.05, 0) is 36.4 Å². The smallest absolute Gasteiger partial charge is 0.253 e. The third-order valence-electron chi connectivity index (χ3n) is 2.71. The van der Waals surface area contributed by atoms with Gasteiger partial charge < -0.3 is 11.1 Å². The maximum atomic E-state index is 13.4. The van der Waals surface area contributed by atoms with Crippen LogP contribution in [0, 0.1) is 11.6 Å². The molecule has 0 spiro atoms. The third-order valence-corrected chi connectivity index (χ3v) is 3.20. The van der Waals surface area contributed by atoms with Crippen LogP contribution in [0.3, 0.4) is 0 Å². The zero-order valence-corrected chi connectivity index (χ0v) is 11.9. The fourth-order valence-electron chi connectivity index (χ4n) is 1.67. The number of amides is 1. The van der Waals surface area contributed by atoms with E-state index in [2.05, 4.69) is 21.2 Å². The Hall–Kier alpha value is -1.95. The number of carbonyl (C=O) groups excluding carboxylic acids is 1. The molecule has 0 aliphatic carbocycles. The number of halogens is 3. The zero-order chi connectivity index (χ0) is 14.7. The Balaban J connectivity index is 2.12. The fourth-order valence-corrected chi connectivity index (χ4v) is 2.04. The van der Waals surface area contributed by atoms with E-state index in [-0.39, 0.29) is 17.7 Å². The van der Waals surface area contributed by atoms with E-state index in [0.717, 1.165) is 18.2 Å². The number of nitrogens with two attached hydrogens (primary N) is 1. The molecule has 0 saturated heterocycles. The Labute approximate surface area is 122 Å². The predicted molar refractivity (Wildman–Crippen MR) is 76.1 cm³/mol. The first-order valence-corrected chi connectivity index (χ1v) is 6.54.